The maximum Gasteiger partial charge on any atom is 0.433 e. The fourth-order valence-corrected chi connectivity index (χ4v) is 1.16. The Balaban J connectivity index is 2.41. The molecule has 0 heterocycles. The second-order valence-corrected chi connectivity index (χ2v) is 3.69. The van der Waals surface area contributed by atoms with Gasteiger partial charge in [-0.25, -0.2) is 4.79 Å². The zero-order chi connectivity index (χ0) is 12.7. The minimum atomic E-state index is -0.582. The number of nitrogens with zero attached hydrogens (tertiary/aromatic N) is 1. The normalized spacial score (nSPS) is 11.1. The first-order valence-corrected chi connectivity index (χ1v) is 5.36. The Bertz CT molecular complexity index is 416. The number of oxime groups is 1. The van der Waals surface area contributed by atoms with Crippen LogP contribution in [0.5, 0.6) is 0 Å². The molecule has 3 N–H and O–H groups in total. The van der Waals surface area contributed by atoms with E-state index in [2.05, 4.69) is 15.3 Å². The number of benzene rings is 1. The van der Waals surface area contributed by atoms with Gasteiger partial charge in [-0.05, 0) is 25.0 Å². The van der Waals surface area contributed by atoms with Crippen LogP contribution in [0.25, 0.3) is 0 Å². The fourth-order valence-electron chi connectivity index (χ4n) is 1.16. The zero-order valence-electron chi connectivity index (χ0n) is 10.1. The van der Waals surface area contributed by atoms with E-state index in [0.29, 0.717) is 12.3 Å². The molecule has 5 nitrogen and oxygen atoms in total. The van der Waals surface area contributed by atoms with Crippen molar-refractivity contribution in [1.29, 1.82) is 0 Å². The Labute approximate surface area is 101 Å². The fraction of sp³-hybridized carbons (Fsp3) is 0.333. The molecule has 0 aliphatic heterocycles. The Morgan fingerprint density at radius 1 is 1.47 bits per heavy atom. The average Bonchev–Trinajstić information content (AvgIpc) is 2.35. The number of hydrogen-bond acceptors (Lipinski definition) is 4. The first kappa shape index (κ1) is 13.2. The van der Waals surface area contributed by atoms with Gasteiger partial charge in [-0.2, -0.15) is 0 Å². The first-order valence-electron chi connectivity index (χ1n) is 5.36. The Morgan fingerprint density at radius 3 is 2.82 bits per heavy atom. The highest BCUT2D eigenvalue weighted by molar-refractivity contribution is 5.83. The topological polar surface area (TPSA) is 76.7 Å². The van der Waals surface area contributed by atoms with Crippen molar-refractivity contribution >= 4 is 11.8 Å². The number of nitrogens with two attached hydrogens (primary N) is 1. The van der Waals surface area contributed by atoms with Gasteiger partial charge in [0.2, 0.25) is 0 Å². The van der Waals surface area contributed by atoms with Crippen LogP contribution in [0.2, 0.25) is 0 Å². The molecule has 0 aromatic heterocycles. The molecule has 17 heavy (non-hydrogen) atoms. The molecule has 1 aromatic rings. The van der Waals surface area contributed by atoms with Gasteiger partial charge in [-0.1, -0.05) is 29.4 Å². The van der Waals surface area contributed by atoms with Crippen molar-refractivity contribution in [3.63, 3.8) is 0 Å². The van der Waals surface area contributed by atoms with Crippen LogP contribution in [0, 0.1) is 6.92 Å². The predicted octanol–water partition coefficient (Wildman–Crippen LogP) is 1.56. The van der Waals surface area contributed by atoms with Crippen LogP contribution >= 0.6 is 0 Å². The van der Waals surface area contributed by atoms with E-state index in [1.807, 2.05) is 31.2 Å². The third-order valence-electron chi connectivity index (χ3n) is 2.26. The SMILES string of the molecule is C/C(CN)=N\OC(=O)NCc1ccccc1C. The molecule has 1 aromatic carbocycles. The van der Waals surface area contributed by atoms with E-state index in [4.69, 9.17) is 5.73 Å². The second-order valence-electron chi connectivity index (χ2n) is 3.69. The van der Waals surface area contributed by atoms with E-state index in [0.717, 1.165) is 11.1 Å². The lowest BCUT2D eigenvalue weighted by Crippen LogP contribution is -2.23. The Kier molecular flexibility index (Phi) is 5.16. The quantitative estimate of drug-likeness (QED) is 0.472. The van der Waals surface area contributed by atoms with Gasteiger partial charge in [-0.15, -0.1) is 0 Å². The number of aryl methyl sites for hydroxylation is 1. The molecule has 0 fully saturated rings. The van der Waals surface area contributed by atoms with E-state index >= 15 is 0 Å². The molecule has 0 aliphatic rings. The van der Waals surface area contributed by atoms with Crippen molar-refractivity contribution in [3.8, 4) is 0 Å². The summed E-state index contributed by atoms with van der Waals surface area (Å²) in [5.74, 6) is 0. The molecule has 1 rings (SSSR count). The van der Waals surface area contributed by atoms with Gasteiger partial charge in [0.05, 0.1) is 5.71 Å². The van der Waals surface area contributed by atoms with E-state index < -0.39 is 6.09 Å². The highest BCUT2D eigenvalue weighted by atomic mass is 16.7. The van der Waals surface area contributed by atoms with Crippen molar-refractivity contribution in [1.82, 2.24) is 5.32 Å². The molecule has 92 valence electrons. The van der Waals surface area contributed by atoms with E-state index in [-0.39, 0.29) is 6.54 Å². The Hall–Kier alpha value is -1.88. The summed E-state index contributed by atoms with van der Waals surface area (Å²) in [5, 5.41) is 6.17. The van der Waals surface area contributed by atoms with E-state index in [1.54, 1.807) is 6.92 Å². The van der Waals surface area contributed by atoms with Gasteiger partial charge >= 0.3 is 6.09 Å². The lowest BCUT2D eigenvalue weighted by molar-refractivity contribution is 0.150. The molecule has 0 saturated heterocycles. The largest absolute Gasteiger partial charge is 0.433 e. The van der Waals surface area contributed by atoms with Crippen LogP contribution in [0.15, 0.2) is 29.4 Å². The molecule has 0 atom stereocenters. The second kappa shape index (κ2) is 6.65. The summed E-state index contributed by atoms with van der Waals surface area (Å²) in [6, 6.07) is 7.81. The number of hydrogen-bond donors (Lipinski definition) is 2. The molecule has 0 aliphatic carbocycles. The summed E-state index contributed by atoms with van der Waals surface area (Å²) >= 11 is 0. The number of carbonyl (C=O) groups is 1. The smallest absolute Gasteiger partial charge is 0.325 e. The number of amides is 1. The van der Waals surface area contributed by atoms with Crippen LogP contribution in [0.4, 0.5) is 4.79 Å². The van der Waals surface area contributed by atoms with E-state index in [1.165, 1.54) is 0 Å². The third kappa shape index (κ3) is 4.65. The molecule has 0 unspecified atom stereocenters. The van der Waals surface area contributed by atoms with Crippen LogP contribution < -0.4 is 11.1 Å². The summed E-state index contributed by atoms with van der Waals surface area (Å²) in [7, 11) is 0. The van der Waals surface area contributed by atoms with Crippen molar-refractivity contribution in [2.24, 2.45) is 10.9 Å². The Morgan fingerprint density at radius 2 is 2.18 bits per heavy atom. The zero-order valence-corrected chi connectivity index (χ0v) is 10.1. The van der Waals surface area contributed by atoms with Gasteiger partial charge in [0.25, 0.3) is 0 Å². The maximum atomic E-state index is 11.3. The van der Waals surface area contributed by atoms with Crippen molar-refractivity contribution in [2.75, 3.05) is 6.54 Å². The minimum Gasteiger partial charge on any atom is -0.325 e. The van der Waals surface area contributed by atoms with Gasteiger partial charge in [0.15, 0.2) is 0 Å². The van der Waals surface area contributed by atoms with Gasteiger partial charge < -0.3 is 11.1 Å². The van der Waals surface area contributed by atoms with Crippen LogP contribution in [-0.4, -0.2) is 18.3 Å². The molecule has 5 heteroatoms. The predicted molar refractivity (Wildman–Crippen MR) is 66.7 cm³/mol. The molecular formula is C12H17N3O2. The molecule has 0 bridgehead atoms. The lowest BCUT2D eigenvalue weighted by atomic mass is 10.1. The molecule has 1 amide bonds. The van der Waals surface area contributed by atoms with Crippen molar-refractivity contribution < 1.29 is 9.63 Å². The highest BCUT2D eigenvalue weighted by Crippen LogP contribution is 2.05. The monoisotopic (exact) mass is 235 g/mol. The maximum absolute atomic E-state index is 11.3. The summed E-state index contributed by atoms with van der Waals surface area (Å²) in [4.78, 5) is 15.9. The van der Waals surface area contributed by atoms with Crippen LogP contribution in [-0.2, 0) is 11.4 Å². The summed E-state index contributed by atoms with van der Waals surface area (Å²) in [5.41, 5.74) is 8.03. The average molecular weight is 235 g/mol. The number of rotatable bonds is 4. The van der Waals surface area contributed by atoms with Gasteiger partial charge in [0.1, 0.15) is 0 Å². The molecule has 0 spiro atoms. The number of carbonyl (C=O) groups excluding carboxylic acids is 1. The number of nitrogens with one attached hydrogen (secondary N) is 1. The highest BCUT2D eigenvalue weighted by Gasteiger charge is 2.03. The summed E-state index contributed by atoms with van der Waals surface area (Å²) < 4.78 is 0. The molecule has 0 radical (unpaired) electrons. The summed E-state index contributed by atoms with van der Waals surface area (Å²) in [6.07, 6.45) is -0.582. The molecular weight excluding hydrogens is 218 g/mol. The lowest BCUT2D eigenvalue weighted by Gasteiger charge is -2.06. The van der Waals surface area contributed by atoms with E-state index in [9.17, 15) is 4.79 Å². The van der Waals surface area contributed by atoms with Crippen LogP contribution in [0.1, 0.15) is 18.1 Å². The van der Waals surface area contributed by atoms with Crippen LogP contribution in [0.3, 0.4) is 0 Å². The van der Waals surface area contributed by atoms with Gasteiger partial charge in [-0.3, -0.25) is 4.84 Å². The standard InChI is InChI=1S/C12H17N3O2/c1-9-5-3-4-6-11(9)8-14-12(16)17-15-10(2)7-13/h3-6H,7-8,13H2,1-2H3,(H,14,16)/b15-10+. The van der Waals surface area contributed by atoms with Gasteiger partial charge in [0, 0.05) is 13.1 Å². The summed E-state index contributed by atoms with van der Waals surface area (Å²) in [6.45, 7) is 4.36. The first-order chi connectivity index (χ1) is 8.13. The van der Waals surface area contributed by atoms with Crippen molar-refractivity contribution in [3.05, 3.63) is 35.4 Å². The minimum absolute atomic E-state index is 0.269. The van der Waals surface area contributed by atoms with Crippen molar-refractivity contribution in [2.45, 2.75) is 20.4 Å². The third-order valence-corrected chi connectivity index (χ3v) is 2.26. The molecule has 0 saturated carbocycles.